The average Bonchev–Trinajstić information content (AvgIpc) is 2.16. The Morgan fingerprint density at radius 1 is 1.33 bits per heavy atom. The lowest BCUT2D eigenvalue weighted by Crippen LogP contribution is -2.21. The van der Waals surface area contributed by atoms with E-state index in [0.29, 0.717) is 11.5 Å². The van der Waals surface area contributed by atoms with Crippen molar-refractivity contribution in [3.63, 3.8) is 0 Å². The highest BCUT2D eigenvalue weighted by Crippen LogP contribution is 2.23. The number of hydrogen-bond acceptors (Lipinski definition) is 2. The molecule has 1 rings (SSSR count). The quantitative estimate of drug-likeness (QED) is 0.753. The average molecular weight is 206 g/mol. The minimum absolute atomic E-state index is 0.0110. The van der Waals surface area contributed by atoms with Crippen molar-refractivity contribution in [1.29, 1.82) is 0 Å². The van der Waals surface area contributed by atoms with Gasteiger partial charge in [-0.25, -0.2) is 0 Å². The first-order valence-corrected chi connectivity index (χ1v) is 5.04. The first-order chi connectivity index (χ1) is 6.93. The van der Waals surface area contributed by atoms with Crippen LogP contribution in [-0.4, -0.2) is 24.9 Å². The summed E-state index contributed by atoms with van der Waals surface area (Å²) in [5.74, 6) is 0.344. The fraction of sp³-hybridized carbons (Fsp3) is 0.417. The highest BCUT2D eigenvalue weighted by molar-refractivity contribution is 5.94. The third-order valence-electron chi connectivity index (χ3n) is 2.36. The van der Waals surface area contributed by atoms with Gasteiger partial charge < -0.3 is 10.6 Å². The fourth-order valence-electron chi connectivity index (χ4n) is 1.47. The third kappa shape index (κ3) is 2.49. The number of carbonyl (C=O) groups excluding carboxylic acids is 1. The van der Waals surface area contributed by atoms with Crippen LogP contribution in [0, 0.1) is 0 Å². The summed E-state index contributed by atoms with van der Waals surface area (Å²) >= 11 is 0. The molecule has 0 heterocycles. The Kier molecular flexibility index (Phi) is 3.35. The van der Waals surface area contributed by atoms with Crippen LogP contribution in [0.5, 0.6) is 0 Å². The number of nitrogen functional groups attached to an aromatic ring is 1. The third-order valence-corrected chi connectivity index (χ3v) is 2.36. The zero-order valence-electron chi connectivity index (χ0n) is 9.74. The molecule has 0 atom stereocenters. The van der Waals surface area contributed by atoms with Crippen molar-refractivity contribution in [3.05, 3.63) is 29.3 Å². The van der Waals surface area contributed by atoms with Gasteiger partial charge in [-0.1, -0.05) is 13.8 Å². The first-order valence-electron chi connectivity index (χ1n) is 5.04. The van der Waals surface area contributed by atoms with Gasteiger partial charge in [0.15, 0.2) is 0 Å². The van der Waals surface area contributed by atoms with E-state index in [1.807, 2.05) is 6.07 Å². The van der Waals surface area contributed by atoms with Gasteiger partial charge >= 0.3 is 0 Å². The van der Waals surface area contributed by atoms with Crippen LogP contribution in [0.2, 0.25) is 0 Å². The second kappa shape index (κ2) is 4.34. The van der Waals surface area contributed by atoms with E-state index in [4.69, 9.17) is 5.73 Å². The number of carbonyl (C=O) groups is 1. The second-order valence-electron chi connectivity index (χ2n) is 4.20. The Morgan fingerprint density at radius 2 is 1.93 bits per heavy atom. The Balaban J connectivity index is 3.13. The van der Waals surface area contributed by atoms with E-state index in [2.05, 4.69) is 13.8 Å². The van der Waals surface area contributed by atoms with Crippen molar-refractivity contribution in [2.24, 2.45) is 0 Å². The van der Waals surface area contributed by atoms with Crippen molar-refractivity contribution in [2.45, 2.75) is 19.8 Å². The number of rotatable bonds is 2. The van der Waals surface area contributed by atoms with Gasteiger partial charge in [0.1, 0.15) is 0 Å². The predicted molar refractivity (Wildman–Crippen MR) is 63.0 cm³/mol. The van der Waals surface area contributed by atoms with Gasteiger partial charge in [0.2, 0.25) is 0 Å². The van der Waals surface area contributed by atoms with Crippen molar-refractivity contribution < 1.29 is 4.79 Å². The van der Waals surface area contributed by atoms with Crippen LogP contribution in [-0.2, 0) is 0 Å². The lowest BCUT2D eigenvalue weighted by Gasteiger charge is -2.14. The lowest BCUT2D eigenvalue weighted by molar-refractivity contribution is 0.0827. The molecule has 0 spiro atoms. The van der Waals surface area contributed by atoms with Crippen molar-refractivity contribution in [2.75, 3.05) is 19.8 Å². The number of hydrogen-bond donors (Lipinski definition) is 1. The summed E-state index contributed by atoms with van der Waals surface area (Å²) in [4.78, 5) is 13.3. The second-order valence-corrected chi connectivity index (χ2v) is 4.20. The standard InChI is InChI=1S/C12H18N2O/c1-8(2)10-7-9(5-6-11(10)13)12(15)14(3)4/h5-8H,13H2,1-4H3. The summed E-state index contributed by atoms with van der Waals surface area (Å²) in [6.45, 7) is 4.13. The Morgan fingerprint density at radius 3 is 2.40 bits per heavy atom. The maximum atomic E-state index is 11.7. The molecule has 0 aliphatic heterocycles. The molecule has 0 saturated heterocycles. The molecule has 0 unspecified atom stereocenters. The number of anilines is 1. The summed E-state index contributed by atoms with van der Waals surface area (Å²) < 4.78 is 0. The molecule has 0 aliphatic carbocycles. The summed E-state index contributed by atoms with van der Waals surface area (Å²) in [7, 11) is 3.49. The van der Waals surface area contributed by atoms with Gasteiger partial charge in [0, 0.05) is 25.3 Å². The highest BCUT2D eigenvalue weighted by atomic mass is 16.2. The molecule has 1 aromatic carbocycles. The minimum Gasteiger partial charge on any atom is -0.398 e. The fourth-order valence-corrected chi connectivity index (χ4v) is 1.47. The Labute approximate surface area is 90.9 Å². The topological polar surface area (TPSA) is 46.3 Å². The predicted octanol–water partition coefficient (Wildman–Crippen LogP) is 2.09. The molecule has 82 valence electrons. The maximum absolute atomic E-state index is 11.7. The van der Waals surface area contributed by atoms with Gasteiger partial charge in [-0.05, 0) is 29.7 Å². The minimum atomic E-state index is 0.0110. The van der Waals surface area contributed by atoms with Gasteiger partial charge in [0.25, 0.3) is 5.91 Å². The molecule has 0 saturated carbocycles. The molecule has 15 heavy (non-hydrogen) atoms. The number of amides is 1. The Hall–Kier alpha value is -1.51. The van der Waals surface area contributed by atoms with E-state index in [9.17, 15) is 4.79 Å². The lowest BCUT2D eigenvalue weighted by atomic mass is 9.98. The van der Waals surface area contributed by atoms with E-state index in [-0.39, 0.29) is 5.91 Å². The zero-order valence-corrected chi connectivity index (χ0v) is 9.74. The van der Waals surface area contributed by atoms with E-state index in [1.54, 1.807) is 31.1 Å². The van der Waals surface area contributed by atoms with E-state index in [1.165, 1.54) is 0 Å². The van der Waals surface area contributed by atoms with Gasteiger partial charge in [-0.2, -0.15) is 0 Å². The monoisotopic (exact) mass is 206 g/mol. The van der Waals surface area contributed by atoms with Crippen LogP contribution < -0.4 is 5.73 Å². The number of nitrogens with two attached hydrogens (primary N) is 1. The molecule has 3 nitrogen and oxygen atoms in total. The van der Waals surface area contributed by atoms with Crippen LogP contribution in [0.15, 0.2) is 18.2 Å². The van der Waals surface area contributed by atoms with Gasteiger partial charge in [-0.15, -0.1) is 0 Å². The molecule has 0 aromatic heterocycles. The molecule has 0 aliphatic rings. The largest absolute Gasteiger partial charge is 0.398 e. The number of nitrogens with zero attached hydrogens (tertiary/aromatic N) is 1. The molecule has 1 aromatic rings. The number of benzene rings is 1. The smallest absolute Gasteiger partial charge is 0.253 e. The normalized spacial score (nSPS) is 10.5. The molecule has 2 N–H and O–H groups in total. The van der Waals surface area contributed by atoms with Crippen molar-refractivity contribution in [1.82, 2.24) is 4.90 Å². The molecule has 0 radical (unpaired) electrons. The summed E-state index contributed by atoms with van der Waals surface area (Å²) in [5.41, 5.74) is 8.31. The molecule has 1 amide bonds. The van der Waals surface area contributed by atoms with Gasteiger partial charge in [0.05, 0.1) is 0 Å². The van der Waals surface area contributed by atoms with E-state index in [0.717, 1.165) is 11.3 Å². The van der Waals surface area contributed by atoms with Gasteiger partial charge in [-0.3, -0.25) is 4.79 Å². The van der Waals surface area contributed by atoms with Crippen molar-refractivity contribution in [3.8, 4) is 0 Å². The summed E-state index contributed by atoms with van der Waals surface area (Å²) in [6, 6.07) is 5.44. The zero-order chi connectivity index (χ0) is 11.6. The summed E-state index contributed by atoms with van der Waals surface area (Å²) in [6.07, 6.45) is 0. The molecule has 0 fully saturated rings. The SMILES string of the molecule is CC(C)c1cc(C(=O)N(C)C)ccc1N. The molecular formula is C12H18N2O. The van der Waals surface area contributed by atoms with Crippen LogP contribution in [0.3, 0.4) is 0 Å². The molecular weight excluding hydrogens is 188 g/mol. The van der Waals surface area contributed by atoms with Crippen molar-refractivity contribution >= 4 is 11.6 Å². The Bertz CT molecular complexity index is 370. The van der Waals surface area contributed by atoms with E-state index >= 15 is 0 Å². The molecule has 3 heteroatoms. The van der Waals surface area contributed by atoms with Crippen LogP contribution in [0.25, 0.3) is 0 Å². The highest BCUT2D eigenvalue weighted by Gasteiger charge is 2.11. The van der Waals surface area contributed by atoms with Crippen LogP contribution in [0.4, 0.5) is 5.69 Å². The van der Waals surface area contributed by atoms with E-state index < -0.39 is 0 Å². The summed E-state index contributed by atoms with van der Waals surface area (Å²) in [5, 5.41) is 0. The van der Waals surface area contributed by atoms with Crippen LogP contribution >= 0.6 is 0 Å². The van der Waals surface area contributed by atoms with Crippen LogP contribution in [0.1, 0.15) is 35.7 Å². The molecule has 0 bridgehead atoms. The first kappa shape index (κ1) is 11.6. The maximum Gasteiger partial charge on any atom is 0.253 e.